The first-order valence-corrected chi connectivity index (χ1v) is 12.8. The van der Waals surface area contributed by atoms with E-state index >= 15 is 0 Å². The number of ether oxygens (including phenoxy) is 1. The molecule has 2 fully saturated rings. The number of halogens is 2. The predicted octanol–water partition coefficient (Wildman–Crippen LogP) is 5.60. The molecule has 0 saturated carbocycles. The van der Waals surface area contributed by atoms with Crippen molar-refractivity contribution in [3.05, 3.63) is 69.9 Å². The van der Waals surface area contributed by atoms with E-state index in [1.54, 1.807) is 18.3 Å². The number of anilines is 3. The monoisotopic (exact) mass is 538 g/mol. The molecule has 3 heterocycles. The van der Waals surface area contributed by atoms with Gasteiger partial charge in [0, 0.05) is 42.3 Å². The summed E-state index contributed by atoms with van der Waals surface area (Å²) in [7, 11) is 0. The molecule has 182 valence electrons. The van der Waals surface area contributed by atoms with Crippen LogP contribution in [0.5, 0.6) is 5.75 Å². The van der Waals surface area contributed by atoms with Gasteiger partial charge in [-0.25, -0.2) is 4.39 Å². The number of benzene rings is 2. The second-order valence-corrected chi connectivity index (χ2v) is 9.68. The Hall–Kier alpha value is -3.20. The van der Waals surface area contributed by atoms with Crippen LogP contribution in [0.2, 0.25) is 0 Å². The molecule has 2 aliphatic rings. The van der Waals surface area contributed by atoms with Crippen molar-refractivity contribution in [2.24, 2.45) is 5.10 Å². The van der Waals surface area contributed by atoms with E-state index in [1.807, 2.05) is 24.3 Å². The topological polar surface area (TPSA) is 65.9 Å². The second kappa shape index (κ2) is 11.0. The molecule has 0 radical (unpaired) electrons. The van der Waals surface area contributed by atoms with Crippen LogP contribution in [-0.2, 0) is 6.61 Å². The van der Waals surface area contributed by atoms with Crippen molar-refractivity contribution in [3.8, 4) is 5.75 Å². The van der Waals surface area contributed by atoms with Crippen LogP contribution >= 0.6 is 15.9 Å². The maximum Gasteiger partial charge on any atom is 0.229 e. The van der Waals surface area contributed by atoms with Gasteiger partial charge in [0.1, 0.15) is 24.0 Å². The summed E-state index contributed by atoms with van der Waals surface area (Å²) >= 11 is 3.52. The van der Waals surface area contributed by atoms with Crippen molar-refractivity contribution in [1.82, 2.24) is 9.97 Å². The SMILES string of the molecule is Fc1ccc(COc2ccc(Br)cc2/C=N\Nc2cc(N3CCCC3)nc(N3CCCC3)n2)cc1. The lowest BCUT2D eigenvalue weighted by Gasteiger charge is -2.21. The first kappa shape index (κ1) is 23.5. The molecule has 0 bridgehead atoms. The van der Waals surface area contributed by atoms with Crippen LogP contribution in [0.4, 0.5) is 22.0 Å². The summed E-state index contributed by atoms with van der Waals surface area (Å²) in [5, 5.41) is 4.46. The number of hydrazone groups is 1. The van der Waals surface area contributed by atoms with E-state index in [2.05, 4.69) is 36.3 Å². The molecule has 3 aromatic rings. The van der Waals surface area contributed by atoms with Gasteiger partial charge in [-0.3, -0.25) is 5.43 Å². The summed E-state index contributed by atoms with van der Waals surface area (Å²) in [4.78, 5) is 14.1. The Morgan fingerprint density at radius 3 is 2.40 bits per heavy atom. The molecular weight excluding hydrogens is 511 g/mol. The molecule has 0 spiro atoms. The smallest absolute Gasteiger partial charge is 0.229 e. The lowest BCUT2D eigenvalue weighted by Crippen LogP contribution is -2.24. The number of nitrogens with one attached hydrogen (secondary N) is 1. The molecule has 1 N–H and O–H groups in total. The van der Waals surface area contributed by atoms with Crippen LogP contribution in [0.25, 0.3) is 0 Å². The molecule has 0 aliphatic carbocycles. The van der Waals surface area contributed by atoms with Gasteiger partial charge in [0.15, 0.2) is 5.82 Å². The van der Waals surface area contributed by atoms with Gasteiger partial charge in [0.05, 0.1) is 6.21 Å². The number of aromatic nitrogens is 2. The fourth-order valence-corrected chi connectivity index (χ4v) is 4.69. The van der Waals surface area contributed by atoms with Crippen LogP contribution in [0.1, 0.15) is 36.8 Å². The van der Waals surface area contributed by atoms with Crippen molar-refractivity contribution in [1.29, 1.82) is 0 Å². The summed E-state index contributed by atoms with van der Waals surface area (Å²) in [5.41, 5.74) is 4.80. The zero-order chi connectivity index (χ0) is 24.0. The minimum absolute atomic E-state index is 0.262. The highest BCUT2D eigenvalue weighted by Gasteiger charge is 2.20. The van der Waals surface area contributed by atoms with Crippen molar-refractivity contribution < 1.29 is 9.13 Å². The summed E-state index contributed by atoms with van der Waals surface area (Å²) in [6.07, 6.45) is 6.43. The van der Waals surface area contributed by atoms with Gasteiger partial charge in [-0.15, -0.1) is 0 Å². The molecule has 2 aliphatic heterocycles. The lowest BCUT2D eigenvalue weighted by molar-refractivity contribution is 0.305. The Bertz CT molecular complexity index is 1140. The summed E-state index contributed by atoms with van der Waals surface area (Å²) in [6, 6.07) is 14.0. The van der Waals surface area contributed by atoms with E-state index in [1.165, 1.54) is 37.8 Å². The molecule has 0 atom stereocenters. The maximum absolute atomic E-state index is 13.2. The van der Waals surface area contributed by atoms with E-state index in [0.717, 1.165) is 53.5 Å². The molecule has 1 aromatic heterocycles. The van der Waals surface area contributed by atoms with Gasteiger partial charge in [0.25, 0.3) is 0 Å². The minimum Gasteiger partial charge on any atom is -0.488 e. The van der Waals surface area contributed by atoms with E-state index in [4.69, 9.17) is 14.7 Å². The summed E-state index contributed by atoms with van der Waals surface area (Å²) in [6.45, 7) is 4.34. The molecule has 0 unspecified atom stereocenters. The summed E-state index contributed by atoms with van der Waals surface area (Å²) < 4.78 is 20.1. The molecule has 9 heteroatoms. The van der Waals surface area contributed by atoms with Crippen LogP contribution in [0.3, 0.4) is 0 Å². The zero-order valence-electron chi connectivity index (χ0n) is 19.5. The fraction of sp³-hybridized carbons (Fsp3) is 0.346. The average molecular weight is 539 g/mol. The Morgan fingerprint density at radius 1 is 0.943 bits per heavy atom. The third-order valence-corrected chi connectivity index (χ3v) is 6.68. The Morgan fingerprint density at radius 2 is 1.66 bits per heavy atom. The van der Waals surface area contributed by atoms with Crippen molar-refractivity contribution in [3.63, 3.8) is 0 Å². The number of nitrogens with zero attached hydrogens (tertiary/aromatic N) is 5. The Labute approximate surface area is 213 Å². The highest BCUT2D eigenvalue weighted by Crippen LogP contribution is 2.26. The van der Waals surface area contributed by atoms with Gasteiger partial charge in [-0.1, -0.05) is 28.1 Å². The normalized spacial score (nSPS) is 15.8. The fourth-order valence-electron chi connectivity index (χ4n) is 4.31. The molecule has 2 aromatic carbocycles. The molecule has 5 rings (SSSR count). The van der Waals surface area contributed by atoms with Gasteiger partial charge >= 0.3 is 0 Å². The van der Waals surface area contributed by atoms with Crippen molar-refractivity contribution in [2.45, 2.75) is 32.3 Å². The average Bonchev–Trinajstić information content (AvgIpc) is 3.59. The van der Waals surface area contributed by atoms with Gasteiger partial charge in [0.2, 0.25) is 5.95 Å². The largest absolute Gasteiger partial charge is 0.488 e. The van der Waals surface area contributed by atoms with Crippen LogP contribution in [0, 0.1) is 5.82 Å². The second-order valence-electron chi connectivity index (χ2n) is 8.77. The molecule has 0 amide bonds. The molecule has 2 saturated heterocycles. The van der Waals surface area contributed by atoms with E-state index in [-0.39, 0.29) is 5.82 Å². The zero-order valence-corrected chi connectivity index (χ0v) is 21.0. The van der Waals surface area contributed by atoms with E-state index in [0.29, 0.717) is 18.2 Å². The van der Waals surface area contributed by atoms with E-state index < -0.39 is 0 Å². The third kappa shape index (κ3) is 6.08. The first-order valence-electron chi connectivity index (χ1n) is 12.0. The Balaban J connectivity index is 1.32. The highest BCUT2D eigenvalue weighted by molar-refractivity contribution is 9.10. The van der Waals surface area contributed by atoms with E-state index in [9.17, 15) is 4.39 Å². The minimum atomic E-state index is -0.262. The molecule has 7 nitrogen and oxygen atoms in total. The first-order chi connectivity index (χ1) is 17.1. The van der Waals surface area contributed by atoms with Crippen LogP contribution in [0.15, 0.2) is 58.1 Å². The maximum atomic E-state index is 13.2. The molecular formula is C26H28BrFN6O. The number of rotatable bonds is 8. The standard InChI is InChI=1S/C26H28BrFN6O/c27-21-7-10-23(35-18-19-5-8-22(28)9-6-19)20(15-21)17-29-32-24-16-25(33-11-1-2-12-33)31-26(30-24)34-13-3-4-14-34/h5-10,15-17H,1-4,11-14,18H2,(H,30,31,32)/b29-17-. The van der Waals surface area contributed by atoms with Crippen molar-refractivity contribution >= 4 is 39.7 Å². The predicted molar refractivity (Wildman–Crippen MR) is 141 cm³/mol. The van der Waals surface area contributed by atoms with Crippen LogP contribution < -0.4 is 20.0 Å². The van der Waals surface area contributed by atoms with Gasteiger partial charge in [-0.2, -0.15) is 15.1 Å². The summed E-state index contributed by atoms with van der Waals surface area (Å²) in [5.74, 6) is 2.80. The molecule has 35 heavy (non-hydrogen) atoms. The lowest BCUT2D eigenvalue weighted by atomic mass is 10.2. The van der Waals surface area contributed by atoms with Crippen molar-refractivity contribution in [2.75, 3.05) is 41.4 Å². The number of hydrogen-bond acceptors (Lipinski definition) is 7. The van der Waals surface area contributed by atoms with Gasteiger partial charge < -0.3 is 14.5 Å². The third-order valence-electron chi connectivity index (χ3n) is 6.18. The Kier molecular flexibility index (Phi) is 7.42. The quantitative estimate of drug-likeness (QED) is 0.297. The van der Waals surface area contributed by atoms with Crippen LogP contribution in [-0.4, -0.2) is 42.4 Å². The number of hydrogen-bond donors (Lipinski definition) is 1. The highest BCUT2D eigenvalue weighted by atomic mass is 79.9. The van der Waals surface area contributed by atoms with Gasteiger partial charge in [-0.05, 0) is 61.6 Å².